The number of furan rings is 1. The molecule has 1 aromatic heterocycles. The van der Waals surface area contributed by atoms with Crippen molar-refractivity contribution < 1.29 is 13.7 Å². The second-order valence-corrected chi connectivity index (χ2v) is 5.18. The molecular weight excluding hydrogens is 387 g/mol. The van der Waals surface area contributed by atoms with Crippen LogP contribution in [0.1, 0.15) is 5.76 Å². The topological polar surface area (TPSA) is 68.3 Å². The van der Waals surface area contributed by atoms with E-state index < -0.39 is 10.7 Å². The summed E-state index contributed by atoms with van der Waals surface area (Å²) >= 11 is 6.44. The number of nitrogens with zero attached hydrogens (tertiary/aromatic N) is 1. The van der Waals surface area contributed by atoms with Crippen LogP contribution in [0.25, 0.3) is 0 Å². The van der Waals surface area contributed by atoms with E-state index in [4.69, 9.17) is 4.42 Å². The standard InChI is InChI=1S/C11H7Br2FN2O3/c12-8-4-7(19-11(8)13)5-15-10-3-6(16(17)18)1-2-9(10)14/h1-4,15H,5H2. The summed E-state index contributed by atoms with van der Waals surface area (Å²) in [5.74, 6) is -0.0000522. The van der Waals surface area contributed by atoms with Gasteiger partial charge in [0.15, 0.2) is 4.67 Å². The molecule has 0 amide bonds. The Hall–Kier alpha value is -1.41. The number of benzene rings is 1. The lowest BCUT2D eigenvalue weighted by Crippen LogP contribution is -2.01. The minimum absolute atomic E-state index is 0.0536. The number of halogens is 3. The van der Waals surface area contributed by atoms with Crippen LogP contribution in [0.4, 0.5) is 15.8 Å². The van der Waals surface area contributed by atoms with Crippen LogP contribution < -0.4 is 5.32 Å². The van der Waals surface area contributed by atoms with Gasteiger partial charge < -0.3 is 9.73 Å². The summed E-state index contributed by atoms with van der Waals surface area (Å²) in [6, 6.07) is 5.02. The highest BCUT2D eigenvalue weighted by Crippen LogP contribution is 2.28. The highest BCUT2D eigenvalue weighted by molar-refractivity contribution is 9.13. The SMILES string of the molecule is O=[N+]([O-])c1ccc(F)c(NCc2cc(Br)c(Br)o2)c1. The van der Waals surface area contributed by atoms with Crippen LogP contribution >= 0.6 is 31.9 Å². The Bertz CT molecular complexity index is 611. The second kappa shape index (κ2) is 5.70. The molecule has 0 spiro atoms. The molecule has 100 valence electrons. The molecule has 0 aliphatic carbocycles. The quantitative estimate of drug-likeness (QED) is 0.614. The zero-order chi connectivity index (χ0) is 14.0. The van der Waals surface area contributed by atoms with Crippen LogP contribution in [0.5, 0.6) is 0 Å². The van der Waals surface area contributed by atoms with E-state index in [2.05, 4.69) is 37.2 Å². The largest absolute Gasteiger partial charge is 0.451 e. The Labute approximate surface area is 124 Å². The van der Waals surface area contributed by atoms with Crippen LogP contribution in [0.3, 0.4) is 0 Å². The van der Waals surface area contributed by atoms with Crippen LogP contribution in [0.15, 0.2) is 37.8 Å². The Kier molecular flexibility index (Phi) is 4.20. The lowest BCUT2D eigenvalue weighted by atomic mass is 10.2. The minimum Gasteiger partial charge on any atom is -0.451 e. The van der Waals surface area contributed by atoms with Crippen LogP contribution in [-0.2, 0) is 6.54 Å². The van der Waals surface area contributed by atoms with E-state index in [-0.39, 0.29) is 17.9 Å². The highest BCUT2D eigenvalue weighted by Gasteiger charge is 2.12. The fourth-order valence-corrected chi connectivity index (χ4v) is 2.08. The summed E-state index contributed by atoms with van der Waals surface area (Å²) in [5.41, 5.74) is -0.122. The number of nitro benzene ring substituents is 1. The van der Waals surface area contributed by atoms with Crippen molar-refractivity contribution >= 4 is 43.2 Å². The smallest absolute Gasteiger partial charge is 0.271 e. The molecule has 0 aliphatic heterocycles. The summed E-state index contributed by atoms with van der Waals surface area (Å²) in [6.07, 6.45) is 0. The van der Waals surface area contributed by atoms with E-state index >= 15 is 0 Å². The van der Waals surface area contributed by atoms with Gasteiger partial charge in [-0.15, -0.1) is 0 Å². The number of anilines is 1. The normalized spacial score (nSPS) is 10.5. The molecule has 2 aromatic rings. The molecule has 0 saturated heterocycles. The minimum atomic E-state index is -0.579. The average molecular weight is 394 g/mol. The average Bonchev–Trinajstić information content (AvgIpc) is 2.67. The molecule has 0 unspecified atom stereocenters. The van der Waals surface area contributed by atoms with Gasteiger partial charge in [0.05, 0.1) is 21.6 Å². The van der Waals surface area contributed by atoms with Gasteiger partial charge in [0.2, 0.25) is 0 Å². The van der Waals surface area contributed by atoms with Crippen LogP contribution in [-0.4, -0.2) is 4.92 Å². The molecule has 0 fully saturated rings. The summed E-state index contributed by atoms with van der Waals surface area (Å²) < 4.78 is 20.1. The molecule has 1 N–H and O–H groups in total. The fourth-order valence-electron chi connectivity index (χ4n) is 1.42. The van der Waals surface area contributed by atoms with E-state index in [9.17, 15) is 14.5 Å². The van der Waals surface area contributed by atoms with E-state index in [1.165, 1.54) is 0 Å². The third-order valence-electron chi connectivity index (χ3n) is 2.31. The van der Waals surface area contributed by atoms with Gasteiger partial charge in [0, 0.05) is 12.1 Å². The number of non-ortho nitro benzene ring substituents is 1. The first kappa shape index (κ1) is 14.0. The Morgan fingerprint density at radius 2 is 2.11 bits per heavy atom. The molecular formula is C11H7Br2FN2O3. The molecule has 8 heteroatoms. The molecule has 1 heterocycles. The summed E-state index contributed by atoms with van der Waals surface area (Å²) in [4.78, 5) is 10.0. The number of nitrogens with one attached hydrogen (secondary N) is 1. The Morgan fingerprint density at radius 1 is 1.37 bits per heavy atom. The third kappa shape index (κ3) is 3.32. The number of hydrogen-bond acceptors (Lipinski definition) is 4. The van der Waals surface area contributed by atoms with Crippen LogP contribution in [0.2, 0.25) is 0 Å². The number of nitro groups is 1. The molecule has 2 rings (SSSR count). The summed E-state index contributed by atoms with van der Waals surface area (Å²) in [5, 5.41) is 13.4. The predicted molar refractivity (Wildman–Crippen MR) is 74.5 cm³/mol. The molecule has 19 heavy (non-hydrogen) atoms. The van der Waals surface area contributed by atoms with Crippen molar-refractivity contribution in [1.82, 2.24) is 0 Å². The molecule has 1 aromatic carbocycles. The number of rotatable bonds is 4. The van der Waals surface area contributed by atoms with Crippen molar-refractivity contribution in [2.75, 3.05) is 5.32 Å². The van der Waals surface area contributed by atoms with Gasteiger partial charge in [0.1, 0.15) is 11.6 Å². The van der Waals surface area contributed by atoms with Crippen molar-refractivity contribution in [2.45, 2.75) is 6.54 Å². The van der Waals surface area contributed by atoms with Gasteiger partial charge in [-0.2, -0.15) is 0 Å². The zero-order valence-corrected chi connectivity index (χ0v) is 12.5. The first-order valence-corrected chi connectivity index (χ1v) is 6.67. The zero-order valence-electron chi connectivity index (χ0n) is 9.32. The summed E-state index contributed by atoms with van der Waals surface area (Å²) in [7, 11) is 0. The van der Waals surface area contributed by atoms with Gasteiger partial charge in [-0.05, 0) is 44.0 Å². The van der Waals surface area contributed by atoms with E-state index in [1.807, 2.05) is 0 Å². The first-order chi connectivity index (χ1) is 8.97. The fraction of sp³-hybridized carbons (Fsp3) is 0.0909. The molecule has 0 saturated carbocycles. The highest BCUT2D eigenvalue weighted by atomic mass is 79.9. The molecule has 5 nitrogen and oxygen atoms in total. The van der Waals surface area contributed by atoms with Crippen molar-refractivity contribution in [3.63, 3.8) is 0 Å². The first-order valence-electron chi connectivity index (χ1n) is 5.09. The van der Waals surface area contributed by atoms with Crippen LogP contribution in [0, 0.1) is 15.9 Å². The molecule has 0 aliphatic rings. The number of hydrogen-bond donors (Lipinski definition) is 1. The lowest BCUT2D eigenvalue weighted by molar-refractivity contribution is -0.384. The van der Waals surface area contributed by atoms with Gasteiger partial charge in [-0.25, -0.2) is 4.39 Å². The lowest BCUT2D eigenvalue weighted by Gasteiger charge is -2.05. The Balaban J connectivity index is 2.14. The second-order valence-electron chi connectivity index (χ2n) is 3.61. The van der Waals surface area contributed by atoms with Gasteiger partial charge in [0.25, 0.3) is 5.69 Å². The van der Waals surface area contributed by atoms with Crippen molar-refractivity contribution in [1.29, 1.82) is 0 Å². The Morgan fingerprint density at radius 3 is 2.68 bits per heavy atom. The molecule has 0 bridgehead atoms. The maximum atomic E-state index is 13.5. The van der Waals surface area contributed by atoms with E-state index in [0.29, 0.717) is 10.4 Å². The van der Waals surface area contributed by atoms with Crippen molar-refractivity contribution in [3.05, 3.63) is 55.1 Å². The maximum Gasteiger partial charge on any atom is 0.271 e. The molecule has 0 radical (unpaired) electrons. The molecule has 0 atom stereocenters. The van der Waals surface area contributed by atoms with Crippen molar-refractivity contribution in [2.24, 2.45) is 0 Å². The van der Waals surface area contributed by atoms with Gasteiger partial charge in [-0.3, -0.25) is 10.1 Å². The summed E-state index contributed by atoms with van der Waals surface area (Å²) in [6.45, 7) is 0.211. The maximum absolute atomic E-state index is 13.5. The monoisotopic (exact) mass is 392 g/mol. The van der Waals surface area contributed by atoms with Crippen molar-refractivity contribution in [3.8, 4) is 0 Å². The predicted octanol–water partition coefficient (Wildman–Crippen LogP) is 4.46. The van der Waals surface area contributed by atoms with Gasteiger partial charge >= 0.3 is 0 Å². The van der Waals surface area contributed by atoms with Gasteiger partial charge in [-0.1, -0.05) is 0 Å². The van der Waals surface area contributed by atoms with E-state index in [0.717, 1.165) is 22.7 Å². The third-order valence-corrected chi connectivity index (χ3v) is 4.02. The van der Waals surface area contributed by atoms with E-state index in [1.54, 1.807) is 6.07 Å².